The number of aromatic nitrogens is 1. The largest absolute Gasteiger partial charge is 0.490 e. The number of alkyl halides is 3. The Labute approximate surface area is 196 Å². The van der Waals surface area contributed by atoms with Gasteiger partial charge in [-0.05, 0) is 6.08 Å². The van der Waals surface area contributed by atoms with E-state index >= 15 is 0 Å². The number of fused-ring (bicyclic) bond motifs is 1. The molecule has 0 saturated carbocycles. The number of oxime groups is 1. The van der Waals surface area contributed by atoms with Gasteiger partial charge in [-0.3, -0.25) is 14.5 Å². The highest BCUT2D eigenvalue weighted by molar-refractivity contribution is 8.00. The number of carbonyl (C=O) groups is 4. The van der Waals surface area contributed by atoms with Crippen LogP contribution >= 0.6 is 23.1 Å². The number of anilines is 1. The summed E-state index contributed by atoms with van der Waals surface area (Å²) in [4.78, 5) is 55.1. The third kappa shape index (κ3) is 5.94. The van der Waals surface area contributed by atoms with Crippen LogP contribution in [0.15, 0.2) is 22.3 Å². The first kappa shape index (κ1) is 26.9. The second-order valence-electron chi connectivity index (χ2n) is 6.31. The highest BCUT2D eigenvalue weighted by Crippen LogP contribution is 2.40. The van der Waals surface area contributed by atoms with Gasteiger partial charge in [-0.2, -0.15) is 13.2 Å². The smallest absolute Gasteiger partial charge is 0.477 e. The van der Waals surface area contributed by atoms with E-state index in [1.807, 2.05) is 0 Å². The van der Waals surface area contributed by atoms with Gasteiger partial charge in [-0.25, -0.2) is 14.6 Å². The van der Waals surface area contributed by atoms with Crippen LogP contribution in [0, 0.1) is 0 Å². The number of hydrogen-bond acceptors (Lipinski definition) is 11. The third-order valence-electron chi connectivity index (χ3n) is 4.10. The molecule has 3 rings (SSSR count). The molecule has 186 valence electrons. The monoisotopic (exact) mass is 526 g/mol. The summed E-state index contributed by atoms with van der Waals surface area (Å²) in [5, 5.41) is 23.6. The molecule has 0 aromatic carbocycles. The van der Waals surface area contributed by atoms with Crippen LogP contribution < -0.4 is 16.8 Å². The predicted octanol–water partition coefficient (Wildman–Crippen LogP) is -0.595. The molecule has 2 unspecified atom stereocenters. The fraction of sp³-hybridized carbons (Fsp3) is 0.375. The molecule has 0 aliphatic carbocycles. The Kier molecular flexibility index (Phi) is 8.46. The summed E-state index contributed by atoms with van der Waals surface area (Å²) in [6.45, 7) is 0.203. The van der Waals surface area contributed by atoms with E-state index in [1.165, 1.54) is 30.3 Å². The van der Waals surface area contributed by atoms with Gasteiger partial charge in [0.15, 0.2) is 10.8 Å². The molecular weight excluding hydrogens is 509 g/mol. The number of thioether (sulfide) groups is 1. The minimum atomic E-state index is -5.08. The molecule has 2 aliphatic heterocycles. The lowest BCUT2D eigenvalue weighted by Crippen LogP contribution is -2.71. The number of carboxylic acid groups (broad SMARTS) is 2. The van der Waals surface area contributed by atoms with E-state index in [4.69, 9.17) is 21.4 Å². The Morgan fingerprint density at radius 1 is 1.35 bits per heavy atom. The number of β-lactam (4-membered cyclic amide) rings is 1. The molecule has 18 heteroatoms. The lowest BCUT2D eigenvalue weighted by molar-refractivity contribution is -0.192. The quantitative estimate of drug-likeness (QED) is 0.179. The summed E-state index contributed by atoms with van der Waals surface area (Å²) in [6.07, 6.45) is -3.64. The normalized spacial score (nSPS) is 21.9. The number of hydrogen-bond donors (Lipinski definition) is 5. The Hall–Kier alpha value is -3.38. The van der Waals surface area contributed by atoms with E-state index < -0.39 is 41.3 Å². The van der Waals surface area contributed by atoms with E-state index in [0.29, 0.717) is 0 Å². The van der Waals surface area contributed by atoms with Crippen LogP contribution in [0.25, 0.3) is 0 Å². The number of nitrogens with one attached hydrogen (secondary N) is 1. The first-order valence-electron chi connectivity index (χ1n) is 8.89. The van der Waals surface area contributed by atoms with Crippen LogP contribution in [0.4, 0.5) is 18.3 Å². The summed E-state index contributed by atoms with van der Waals surface area (Å²) in [5.41, 5.74) is 11.2. The Morgan fingerprint density at radius 3 is 2.41 bits per heavy atom. The standard InChI is InChI=1S/C14H16N6O5S2.C2HF3O2/c1-25-19-8(6-4-26-14(16)17-6)10(21)18-9-11(22)20-7(13(23)24)2-5(3-15)27-12(9)20;3-2(4,5)1(6)7/h2,4-5,9,12H,3,15H2,1H3,(H2,16,17)(H,18,21)(H,23,24);(H,6,7)/b19-8-;/t5?,9?,12-;/m1./s1. The number of amides is 2. The van der Waals surface area contributed by atoms with Crippen molar-refractivity contribution in [2.75, 3.05) is 19.4 Å². The molecule has 34 heavy (non-hydrogen) atoms. The number of carboxylic acids is 2. The zero-order valence-corrected chi connectivity index (χ0v) is 18.6. The minimum absolute atomic E-state index is 0.136. The molecule has 1 fully saturated rings. The van der Waals surface area contributed by atoms with Crippen molar-refractivity contribution in [3.63, 3.8) is 0 Å². The molecule has 3 atom stereocenters. The van der Waals surface area contributed by atoms with Gasteiger partial charge in [0.2, 0.25) is 0 Å². The van der Waals surface area contributed by atoms with Crippen LogP contribution in [0.5, 0.6) is 0 Å². The molecule has 1 saturated heterocycles. The molecular formula is C16H17F3N6O7S2. The molecule has 0 radical (unpaired) electrons. The van der Waals surface area contributed by atoms with E-state index in [1.54, 1.807) is 0 Å². The fourth-order valence-electron chi connectivity index (χ4n) is 2.67. The number of nitrogen functional groups attached to an aromatic ring is 1. The highest BCUT2D eigenvalue weighted by atomic mass is 32.2. The van der Waals surface area contributed by atoms with Gasteiger partial charge in [0.25, 0.3) is 11.8 Å². The number of halogens is 3. The molecule has 2 amide bonds. The minimum Gasteiger partial charge on any atom is -0.477 e. The lowest BCUT2D eigenvalue weighted by atomic mass is 10.0. The van der Waals surface area contributed by atoms with Gasteiger partial charge in [-0.1, -0.05) is 5.16 Å². The van der Waals surface area contributed by atoms with Crippen molar-refractivity contribution in [3.05, 3.63) is 22.8 Å². The Morgan fingerprint density at radius 2 is 1.97 bits per heavy atom. The first-order valence-corrected chi connectivity index (χ1v) is 10.7. The highest BCUT2D eigenvalue weighted by Gasteiger charge is 2.54. The van der Waals surface area contributed by atoms with Gasteiger partial charge >= 0.3 is 18.1 Å². The fourth-order valence-corrected chi connectivity index (χ4v) is 4.57. The van der Waals surface area contributed by atoms with Gasteiger partial charge in [-0.15, -0.1) is 23.1 Å². The Bertz CT molecular complexity index is 1040. The zero-order chi connectivity index (χ0) is 25.8. The van der Waals surface area contributed by atoms with Crippen LogP contribution in [0.3, 0.4) is 0 Å². The van der Waals surface area contributed by atoms with Crippen LogP contribution in [0.2, 0.25) is 0 Å². The summed E-state index contributed by atoms with van der Waals surface area (Å²) >= 11 is 2.43. The van der Waals surface area contributed by atoms with Gasteiger partial charge in [0, 0.05) is 17.2 Å². The van der Waals surface area contributed by atoms with Gasteiger partial charge < -0.3 is 31.8 Å². The SMILES string of the molecule is CO/N=C(\C(=O)NC1C(=O)N2C(C(=O)O)=CC(CN)S[C@H]12)c1csc(N)n1.O=C(O)C(F)(F)F. The van der Waals surface area contributed by atoms with Crippen molar-refractivity contribution >= 4 is 57.7 Å². The summed E-state index contributed by atoms with van der Waals surface area (Å²) < 4.78 is 31.7. The maximum Gasteiger partial charge on any atom is 0.490 e. The van der Waals surface area contributed by atoms with Crippen LogP contribution in [-0.2, 0) is 24.0 Å². The molecule has 0 bridgehead atoms. The number of aliphatic carboxylic acids is 2. The van der Waals surface area contributed by atoms with E-state index in [0.717, 1.165) is 16.2 Å². The number of rotatable bonds is 6. The number of thiazole rings is 1. The molecule has 0 spiro atoms. The number of nitrogens with zero attached hydrogens (tertiary/aromatic N) is 3. The van der Waals surface area contributed by atoms with Crippen LogP contribution in [0.1, 0.15) is 5.69 Å². The van der Waals surface area contributed by atoms with E-state index in [-0.39, 0.29) is 34.0 Å². The van der Waals surface area contributed by atoms with E-state index in [9.17, 15) is 32.7 Å². The van der Waals surface area contributed by atoms with Crippen molar-refractivity contribution in [2.24, 2.45) is 10.9 Å². The maximum atomic E-state index is 12.6. The molecule has 13 nitrogen and oxygen atoms in total. The van der Waals surface area contributed by atoms with Crippen LogP contribution in [-0.4, -0.2) is 86.1 Å². The second-order valence-corrected chi connectivity index (χ2v) is 8.56. The predicted molar refractivity (Wildman–Crippen MR) is 112 cm³/mol. The van der Waals surface area contributed by atoms with Gasteiger partial charge in [0.05, 0.1) is 0 Å². The summed E-state index contributed by atoms with van der Waals surface area (Å²) in [5.74, 6) is -5.19. The second kappa shape index (κ2) is 10.7. The maximum absolute atomic E-state index is 12.6. The van der Waals surface area contributed by atoms with Crippen molar-refractivity contribution in [1.29, 1.82) is 0 Å². The molecule has 1 aromatic rings. The van der Waals surface area contributed by atoms with Crippen molar-refractivity contribution in [1.82, 2.24) is 15.2 Å². The molecule has 7 N–H and O–H groups in total. The number of carbonyl (C=O) groups excluding carboxylic acids is 2. The first-order chi connectivity index (χ1) is 15.8. The summed E-state index contributed by atoms with van der Waals surface area (Å²) in [7, 11) is 1.27. The molecule has 3 heterocycles. The van der Waals surface area contributed by atoms with Crippen molar-refractivity contribution in [2.45, 2.75) is 22.8 Å². The molecule has 1 aromatic heterocycles. The van der Waals surface area contributed by atoms with E-state index in [2.05, 4.69) is 20.3 Å². The zero-order valence-electron chi connectivity index (χ0n) is 17.0. The van der Waals surface area contributed by atoms with Crippen molar-refractivity contribution < 1.29 is 47.4 Å². The topological polar surface area (TPSA) is 211 Å². The lowest BCUT2D eigenvalue weighted by Gasteiger charge is -2.49. The average molecular weight is 526 g/mol. The van der Waals surface area contributed by atoms with Crippen molar-refractivity contribution in [3.8, 4) is 0 Å². The average Bonchev–Trinajstić information content (AvgIpc) is 3.19. The summed E-state index contributed by atoms with van der Waals surface area (Å²) in [6, 6.07) is -0.919. The Balaban J connectivity index is 0.000000509. The molecule has 2 aliphatic rings. The number of nitrogens with two attached hydrogens (primary N) is 2. The van der Waals surface area contributed by atoms with Gasteiger partial charge in [0.1, 0.15) is 29.9 Å². The third-order valence-corrected chi connectivity index (χ3v) is 6.22.